The molecule has 0 N–H and O–H groups in total. The van der Waals surface area contributed by atoms with Gasteiger partial charge >= 0.3 is 0 Å². The smallest absolute Gasteiger partial charge is 0.260 e. The first-order valence-electron chi connectivity index (χ1n) is 7.75. The Balaban J connectivity index is 1.97. The van der Waals surface area contributed by atoms with Crippen molar-refractivity contribution < 1.29 is 14.3 Å². The Labute approximate surface area is 147 Å². The second-order valence-electron chi connectivity index (χ2n) is 5.41. The Morgan fingerprint density at radius 3 is 2.54 bits per heavy atom. The minimum Gasteiger partial charge on any atom is -0.484 e. The maximum atomic E-state index is 12.4. The molecule has 1 amide bonds. The first-order valence-corrected chi connectivity index (χ1v) is 8.13. The number of hydrogen-bond donors (Lipinski definition) is 0. The lowest BCUT2D eigenvalue weighted by molar-refractivity contribution is -0.133. The predicted octanol–water partition coefficient (Wildman–Crippen LogP) is 3.97. The molecule has 0 atom stereocenters. The summed E-state index contributed by atoms with van der Waals surface area (Å²) in [5.74, 6) is 0.350. The Kier molecular flexibility index (Phi) is 6.38. The molecule has 0 unspecified atom stereocenters. The Bertz CT molecular complexity index is 730. The summed E-state index contributed by atoms with van der Waals surface area (Å²) in [6.45, 7) is 4.39. The molecule has 0 saturated carbocycles. The van der Waals surface area contributed by atoms with Crippen molar-refractivity contribution in [1.29, 1.82) is 0 Å². The van der Waals surface area contributed by atoms with Gasteiger partial charge in [-0.25, -0.2) is 0 Å². The molecule has 0 fully saturated rings. The van der Waals surface area contributed by atoms with Crippen molar-refractivity contribution in [2.45, 2.75) is 20.4 Å². The fraction of sp³-hybridized carbons (Fsp3) is 0.263. The van der Waals surface area contributed by atoms with Gasteiger partial charge in [-0.05, 0) is 43.7 Å². The molecule has 0 spiro atoms. The lowest BCUT2D eigenvalue weighted by Gasteiger charge is -2.21. The van der Waals surface area contributed by atoms with Crippen LogP contribution in [0.1, 0.15) is 29.8 Å². The second-order valence-corrected chi connectivity index (χ2v) is 5.85. The Morgan fingerprint density at radius 2 is 1.88 bits per heavy atom. The molecule has 0 bridgehead atoms. The summed E-state index contributed by atoms with van der Waals surface area (Å²) >= 11 is 5.98. The van der Waals surface area contributed by atoms with Crippen molar-refractivity contribution >= 4 is 23.3 Å². The number of ether oxygens (including phenoxy) is 1. The highest BCUT2D eigenvalue weighted by atomic mass is 35.5. The molecule has 0 aliphatic carbocycles. The van der Waals surface area contributed by atoms with Crippen molar-refractivity contribution in [3.63, 3.8) is 0 Å². The van der Waals surface area contributed by atoms with Gasteiger partial charge in [-0.1, -0.05) is 35.9 Å². The van der Waals surface area contributed by atoms with Crippen LogP contribution in [0.4, 0.5) is 0 Å². The molecule has 0 heterocycles. The van der Waals surface area contributed by atoms with Gasteiger partial charge in [-0.2, -0.15) is 0 Å². The largest absolute Gasteiger partial charge is 0.484 e. The Morgan fingerprint density at radius 1 is 1.12 bits per heavy atom. The van der Waals surface area contributed by atoms with Gasteiger partial charge in [0.1, 0.15) is 5.75 Å². The molecule has 2 aromatic carbocycles. The summed E-state index contributed by atoms with van der Waals surface area (Å²) in [4.78, 5) is 25.4. The molecule has 0 aliphatic heterocycles. The van der Waals surface area contributed by atoms with Crippen LogP contribution in [0.15, 0.2) is 48.5 Å². The molecule has 126 valence electrons. The lowest BCUT2D eigenvalue weighted by atomic mass is 10.1. The highest BCUT2D eigenvalue weighted by molar-refractivity contribution is 6.30. The first-order chi connectivity index (χ1) is 11.5. The van der Waals surface area contributed by atoms with Gasteiger partial charge in [0.25, 0.3) is 5.91 Å². The van der Waals surface area contributed by atoms with Crippen LogP contribution in [0.2, 0.25) is 5.02 Å². The lowest BCUT2D eigenvalue weighted by Crippen LogP contribution is -2.34. The standard InChI is InChI=1S/C19H20ClNO3/c1-3-21(12-15-6-4-8-17(20)10-15)19(23)13-24-18-9-5-7-16(11-18)14(2)22/h4-11H,3,12-13H2,1-2H3. The maximum absolute atomic E-state index is 12.4. The van der Waals surface area contributed by atoms with Crippen LogP contribution in [0.3, 0.4) is 0 Å². The average Bonchev–Trinajstić information content (AvgIpc) is 2.58. The molecule has 0 saturated heterocycles. The quantitative estimate of drug-likeness (QED) is 0.713. The summed E-state index contributed by atoms with van der Waals surface area (Å²) in [5, 5.41) is 0.647. The van der Waals surface area contributed by atoms with Gasteiger partial charge in [0.2, 0.25) is 0 Å². The second kappa shape index (κ2) is 8.50. The fourth-order valence-electron chi connectivity index (χ4n) is 2.27. The van der Waals surface area contributed by atoms with Crippen molar-refractivity contribution in [3.05, 3.63) is 64.7 Å². The Hall–Kier alpha value is -2.33. The van der Waals surface area contributed by atoms with Crippen molar-refractivity contribution in [3.8, 4) is 5.75 Å². The number of amides is 1. The van der Waals surface area contributed by atoms with Gasteiger partial charge < -0.3 is 9.64 Å². The zero-order valence-corrected chi connectivity index (χ0v) is 14.5. The zero-order chi connectivity index (χ0) is 17.5. The molecule has 4 nitrogen and oxygen atoms in total. The molecule has 0 radical (unpaired) electrons. The molecule has 0 aliphatic rings. The topological polar surface area (TPSA) is 46.6 Å². The first kappa shape index (κ1) is 18.0. The van der Waals surface area contributed by atoms with E-state index in [1.165, 1.54) is 6.92 Å². The normalized spacial score (nSPS) is 10.3. The van der Waals surface area contributed by atoms with Crippen LogP contribution >= 0.6 is 11.6 Å². The number of halogens is 1. The minimum absolute atomic E-state index is 0.0390. The monoisotopic (exact) mass is 345 g/mol. The molecular weight excluding hydrogens is 326 g/mol. The molecule has 5 heteroatoms. The minimum atomic E-state index is -0.120. The zero-order valence-electron chi connectivity index (χ0n) is 13.8. The van der Waals surface area contributed by atoms with Crippen molar-refractivity contribution in [1.82, 2.24) is 4.90 Å². The van der Waals surface area contributed by atoms with Gasteiger partial charge in [-0.15, -0.1) is 0 Å². The molecular formula is C19H20ClNO3. The molecule has 2 rings (SSSR count). The molecule has 24 heavy (non-hydrogen) atoms. The van der Waals surface area contributed by atoms with E-state index >= 15 is 0 Å². The van der Waals surface area contributed by atoms with Crippen LogP contribution in [-0.4, -0.2) is 29.7 Å². The average molecular weight is 346 g/mol. The van der Waals surface area contributed by atoms with E-state index in [4.69, 9.17) is 16.3 Å². The summed E-state index contributed by atoms with van der Waals surface area (Å²) in [6, 6.07) is 14.3. The molecule has 2 aromatic rings. The number of carbonyl (C=O) groups excluding carboxylic acids is 2. The van der Waals surface area contributed by atoms with E-state index in [1.807, 2.05) is 25.1 Å². The summed E-state index contributed by atoms with van der Waals surface area (Å²) < 4.78 is 5.53. The number of carbonyl (C=O) groups is 2. The number of ketones is 1. The summed E-state index contributed by atoms with van der Waals surface area (Å²) in [7, 11) is 0. The van der Waals surface area contributed by atoms with Crippen LogP contribution in [-0.2, 0) is 11.3 Å². The van der Waals surface area contributed by atoms with E-state index < -0.39 is 0 Å². The predicted molar refractivity (Wildman–Crippen MR) is 94.5 cm³/mol. The summed E-state index contributed by atoms with van der Waals surface area (Å²) in [6.07, 6.45) is 0. The number of likely N-dealkylation sites (N-methyl/N-ethyl adjacent to an activating group) is 1. The third-order valence-corrected chi connectivity index (χ3v) is 3.83. The van der Waals surface area contributed by atoms with Gasteiger partial charge in [0.05, 0.1) is 0 Å². The number of rotatable bonds is 7. The highest BCUT2D eigenvalue weighted by Gasteiger charge is 2.13. The van der Waals surface area contributed by atoms with E-state index in [0.29, 0.717) is 29.4 Å². The van der Waals surface area contributed by atoms with Crippen molar-refractivity contribution in [2.24, 2.45) is 0 Å². The van der Waals surface area contributed by atoms with E-state index in [9.17, 15) is 9.59 Å². The van der Waals surface area contributed by atoms with Crippen LogP contribution in [0, 0.1) is 0 Å². The van der Waals surface area contributed by atoms with Crippen LogP contribution in [0.25, 0.3) is 0 Å². The number of hydrogen-bond acceptors (Lipinski definition) is 3. The third kappa shape index (κ3) is 5.10. The van der Waals surface area contributed by atoms with E-state index in [1.54, 1.807) is 35.2 Å². The van der Waals surface area contributed by atoms with Gasteiger partial charge in [-0.3, -0.25) is 9.59 Å². The van der Waals surface area contributed by atoms with E-state index in [-0.39, 0.29) is 18.3 Å². The highest BCUT2D eigenvalue weighted by Crippen LogP contribution is 2.15. The summed E-state index contributed by atoms with van der Waals surface area (Å²) in [5.41, 5.74) is 1.53. The number of nitrogens with zero attached hydrogens (tertiary/aromatic N) is 1. The SMILES string of the molecule is CCN(Cc1cccc(Cl)c1)C(=O)COc1cccc(C(C)=O)c1. The number of benzene rings is 2. The van der Waals surface area contributed by atoms with Crippen LogP contribution < -0.4 is 4.74 Å². The number of Topliss-reactive ketones (excluding diaryl/α,β-unsaturated/α-hetero) is 1. The van der Waals surface area contributed by atoms with E-state index in [0.717, 1.165) is 5.56 Å². The van der Waals surface area contributed by atoms with Gasteiger partial charge in [0.15, 0.2) is 12.4 Å². The third-order valence-electron chi connectivity index (χ3n) is 3.60. The van der Waals surface area contributed by atoms with Gasteiger partial charge in [0, 0.05) is 23.7 Å². The van der Waals surface area contributed by atoms with E-state index in [2.05, 4.69) is 0 Å². The van der Waals surface area contributed by atoms with Crippen LogP contribution in [0.5, 0.6) is 5.75 Å². The fourth-order valence-corrected chi connectivity index (χ4v) is 2.49. The molecule has 0 aromatic heterocycles. The maximum Gasteiger partial charge on any atom is 0.260 e. The van der Waals surface area contributed by atoms with Crippen molar-refractivity contribution in [2.75, 3.05) is 13.2 Å².